The number of sulfonamides is 1. The van der Waals surface area contributed by atoms with Crippen LogP contribution in [0.15, 0.2) is 12.4 Å². The van der Waals surface area contributed by atoms with Gasteiger partial charge >= 0.3 is 0 Å². The van der Waals surface area contributed by atoms with E-state index >= 15 is 0 Å². The molecule has 0 spiro atoms. The first-order valence-corrected chi connectivity index (χ1v) is 12.8. The zero-order valence-electron chi connectivity index (χ0n) is 18.9. The molecule has 2 fully saturated rings. The molecule has 32 heavy (non-hydrogen) atoms. The highest BCUT2D eigenvalue weighted by Gasteiger charge is 2.35. The maximum Gasteiger partial charge on any atom is 0.223 e. The predicted molar refractivity (Wildman–Crippen MR) is 121 cm³/mol. The molecule has 176 valence electrons. The van der Waals surface area contributed by atoms with E-state index in [1.54, 1.807) is 10.5 Å². The summed E-state index contributed by atoms with van der Waals surface area (Å²) in [6, 6.07) is 0.147. The first kappa shape index (κ1) is 23.1. The van der Waals surface area contributed by atoms with Crippen molar-refractivity contribution in [3.63, 3.8) is 0 Å². The van der Waals surface area contributed by atoms with E-state index in [0.29, 0.717) is 50.4 Å². The lowest BCUT2D eigenvalue weighted by Gasteiger charge is -2.35. The molecule has 0 aromatic carbocycles. The van der Waals surface area contributed by atoms with Crippen molar-refractivity contribution in [2.45, 2.75) is 63.8 Å². The topological polar surface area (TPSA) is 105 Å². The highest BCUT2D eigenvalue weighted by atomic mass is 32.2. The van der Waals surface area contributed by atoms with Gasteiger partial charge in [0, 0.05) is 25.2 Å². The Kier molecular flexibility index (Phi) is 6.78. The predicted octanol–water partition coefficient (Wildman–Crippen LogP) is 2.33. The molecule has 0 radical (unpaired) electrons. The van der Waals surface area contributed by atoms with Gasteiger partial charge in [0.25, 0.3) is 0 Å². The molecule has 4 rings (SSSR count). The summed E-state index contributed by atoms with van der Waals surface area (Å²) in [4.78, 5) is 12.9. The molecule has 2 N–H and O–H groups in total. The molecule has 2 saturated heterocycles. The van der Waals surface area contributed by atoms with Crippen molar-refractivity contribution in [3.05, 3.63) is 24.0 Å². The lowest BCUT2D eigenvalue weighted by molar-refractivity contribution is 0.320. The average Bonchev–Trinajstić information content (AvgIpc) is 3.17. The Hall–Kier alpha value is -2.11. The molecule has 9 nitrogen and oxygen atoms in total. The Balaban J connectivity index is 1.43. The Labute approximate surface area is 188 Å². The molecule has 0 saturated carbocycles. The molecule has 2 aliphatic rings. The lowest BCUT2D eigenvalue weighted by Crippen LogP contribution is -2.48. The van der Waals surface area contributed by atoms with Crippen LogP contribution in [0.25, 0.3) is 11.4 Å². The standard InChI is InChI=1S/C21H32FN7O2S/c1-14(2)29-15(3)24-13-19(29)20-18(22)12-25-21(27-20)26-16-6-10-28(11-7-16)32(30,31)17-4-8-23-9-5-17/h12-14,16-17,23H,4-11H2,1-3H3,(H,25,26,27). The third-order valence-corrected chi connectivity index (χ3v) is 8.74. The number of aromatic nitrogens is 4. The molecule has 2 aliphatic heterocycles. The minimum absolute atomic E-state index is 0.0320. The van der Waals surface area contributed by atoms with Crippen LogP contribution in [-0.2, 0) is 10.0 Å². The smallest absolute Gasteiger partial charge is 0.223 e. The maximum atomic E-state index is 14.6. The van der Waals surface area contributed by atoms with Crippen molar-refractivity contribution in [3.8, 4) is 11.4 Å². The van der Waals surface area contributed by atoms with E-state index in [0.717, 1.165) is 18.9 Å². The number of anilines is 1. The summed E-state index contributed by atoms with van der Waals surface area (Å²) >= 11 is 0. The van der Waals surface area contributed by atoms with Crippen molar-refractivity contribution < 1.29 is 12.8 Å². The summed E-state index contributed by atoms with van der Waals surface area (Å²) in [7, 11) is -3.27. The van der Waals surface area contributed by atoms with Gasteiger partial charge in [0.05, 0.1) is 23.3 Å². The van der Waals surface area contributed by atoms with Gasteiger partial charge in [0.15, 0.2) is 5.82 Å². The lowest BCUT2D eigenvalue weighted by atomic mass is 10.1. The number of piperidine rings is 2. The number of rotatable bonds is 6. The second-order valence-electron chi connectivity index (χ2n) is 8.86. The Morgan fingerprint density at radius 3 is 2.47 bits per heavy atom. The molecule has 4 heterocycles. The van der Waals surface area contributed by atoms with Crippen LogP contribution in [0.2, 0.25) is 0 Å². The number of nitrogens with one attached hydrogen (secondary N) is 2. The van der Waals surface area contributed by atoms with E-state index in [-0.39, 0.29) is 23.0 Å². The van der Waals surface area contributed by atoms with Gasteiger partial charge < -0.3 is 15.2 Å². The van der Waals surface area contributed by atoms with Crippen LogP contribution in [0.4, 0.5) is 10.3 Å². The summed E-state index contributed by atoms with van der Waals surface area (Å²) < 4.78 is 44.0. The molecule has 2 aromatic rings. The van der Waals surface area contributed by atoms with E-state index in [2.05, 4.69) is 25.6 Å². The van der Waals surface area contributed by atoms with E-state index < -0.39 is 15.8 Å². The highest BCUT2D eigenvalue weighted by molar-refractivity contribution is 7.89. The summed E-state index contributed by atoms with van der Waals surface area (Å²) in [5, 5.41) is 6.20. The highest BCUT2D eigenvalue weighted by Crippen LogP contribution is 2.27. The first-order valence-electron chi connectivity index (χ1n) is 11.3. The van der Waals surface area contributed by atoms with E-state index in [1.807, 2.05) is 25.3 Å². The minimum Gasteiger partial charge on any atom is -0.351 e. The Morgan fingerprint density at radius 1 is 1.12 bits per heavy atom. The molecular formula is C21H32FN7O2S. The van der Waals surface area contributed by atoms with Crippen molar-refractivity contribution in [1.82, 2.24) is 29.1 Å². The van der Waals surface area contributed by atoms with Gasteiger partial charge in [-0.25, -0.2) is 32.1 Å². The Morgan fingerprint density at radius 2 is 1.81 bits per heavy atom. The van der Waals surface area contributed by atoms with Crippen LogP contribution >= 0.6 is 0 Å². The molecule has 11 heteroatoms. The third kappa shape index (κ3) is 4.65. The molecule has 0 unspecified atom stereocenters. The minimum atomic E-state index is -3.27. The fourth-order valence-corrected chi connectivity index (χ4v) is 6.61. The second kappa shape index (κ2) is 9.40. The van der Waals surface area contributed by atoms with Gasteiger partial charge in [-0.1, -0.05) is 0 Å². The van der Waals surface area contributed by atoms with Crippen molar-refractivity contribution in [1.29, 1.82) is 0 Å². The fraction of sp³-hybridized carbons (Fsp3) is 0.667. The van der Waals surface area contributed by atoms with Gasteiger partial charge in [-0.15, -0.1) is 0 Å². The zero-order valence-corrected chi connectivity index (χ0v) is 19.7. The van der Waals surface area contributed by atoms with Crippen LogP contribution in [0.1, 0.15) is 51.4 Å². The van der Waals surface area contributed by atoms with Gasteiger partial charge in [0.1, 0.15) is 11.5 Å². The summed E-state index contributed by atoms with van der Waals surface area (Å²) in [6.45, 7) is 8.36. The summed E-state index contributed by atoms with van der Waals surface area (Å²) in [5.41, 5.74) is 0.825. The van der Waals surface area contributed by atoms with E-state index in [4.69, 9.17) is 0 Å². The normalized spacial score (nSPS) is 19.5. The van der Waals surface area contributed by atoms with Gasteiger partial charge in [0.2, 0.25) is 16.0 Å². The molecular weight excluding hydrogens is 433 g/mol. The van der Waals surface area contributed by atoms with E-state index in [1.165, 1.54) is 6.20 Å². The summed E-state index contributed by atoms with van der Waals surface area (Å²) in [5.74, 6) is 0.639. The number of halogens is 1. The largest absolute Gasteiger partial charge is 0.351 e. The van der Waals surface area contributed by atoms with Gasteiger partial charge in [-0.3, -0.25) is 0 Å². The maximum absolute atomic E-state index is 14.6. The van der Waals surface area contributed by atoms with E-state index in [9.17, 15) is 12.8 Å². The molecule has 0 atom stereocenters. The molecule has 2 aromatic heterocycles. The monoisotopic (exact) mass is 465 g/mol. The molecule has 0 aliphatic carbocycles. The first-order chi connectivity index (χ1) is 15.3. The van der Waals surface area contributed by atoms with Crippen LogP contribution in [0, 0.1) is 12.7 Å². The molecule has 0 amide bonds. The number of nitrogens with zero attached hydrogens (tertiary/aromatic N) is 5. The van der Waals surface area contributed by atoms with Gasteiger partial charge in [-0.2, -0.15) is 0 Å². The number of hydrogen-bond donors (Lipinski definition) is 2. The number of aryl methyl sites for hydroxylation is 1. The van der Waals surface area contributed by atoms with Crippen LogP contribution in [0.5, 0.6) is 0 Å². The van der Waals surface area contributed by atoms with Crippen molar-refractivity contribution in [2.24, 2.45) is 0 Å². The zero-order chi connectivity index (χ0) is 22.9. The Bertz CT molecular complexity index is 1040. The van der Waals surface area contributed by atoms with Crippen LogP contribution in [0.3, 0.4) is 0 Å². The summed E-state index contributed by atoms with van der Waals surface area (Å²) in [6.07, 6.45) is 5.45. The fourth-order valence-electron chi connectivity index (χ4n) is 4.64. The van der Waals surface area contributed by atoms with Crippen molar-refractivity contribution >= 4 is 16.0 Å². The van der Waals surface area contributed by atoms with Crippen LogP contribution in [-0.4, -0.2) is 69.7 Å². The number of hydrogen-bond acceptors (Lipinski definition) is 7. The van der Waals surface area contributed by atoms with Crippen molar-refractivity contribution in [2.75, 3.05) is 31.5 Å². The SMILES string of the molecule is Cc1ncc(-c2nc(NC3CCN(S(=O)(=O)C4CCNCC4)CC3)ncc2F)n1C(C)C. The third-order valence-electron chi connectivity index (χ3n) is 6.34. The second-order valence-corrected chi connectivity index (χ2v) is 11.1. The average molecular weight is 466 g/mol. The quantitative estimate of drug-likeness (QED) is 0.675. The number of imidazole rings is 1. The molecule has 0 bridgehead atoms. The van der Waals surface area contributed by atoms with Crippen LogP contribution < -0.4 is 10.6 Å². The van der Waals surface area contributed by atoms with Gasteiger partial charge in [-0.05, 0) is 59.5 Å².